The first-order valence-electron chi connectivity index (χ1n) is 5.21. The Balaban J connectivity index is 3.17. The molecule has 0 amide bonds. The van der Waals surface area contributed by atoms with Gasteiger partial charge in [0.25, 0.3) is 0 Å². The summed E-state index contributed by atoms with van der Waals surface area (Å²) in [6.07, 6.45) is 2.18. The SMILES string of the molecule is CC(C)C(=CN(C)C)c1ccccc1[Si]. The lowest BCUT2D eigenvalue weighted by molar-refractivity contribution is 0.560. The second-order valence-corrected chi connectivity index (χ2v) is 4.79. The van der Waals surface area contributed by atoms with E-state index in [1.807, 2.05) is 6.07 Å². The van der Waals surface area contributed by atoms with Crippen LogP contribution in [0.2, 0.25) is 0 Å². The molecule has 1 aromatic carbocycles. The van der Waals surface area contributed by atoms with E-state index in [2.05, 4.69) is 67.5 Å². The first kappa shape index (κ1) is 12.0. The number of nitrogens with zero attached hydrogens (tertiary/aromatic N) is 1. The van der Waals surface area contributed by atoms with Gasteiger partial charge in [0.2, 0.25) is 0 Å². The van der Waals surface area contributed by atoms with Gasteiger partial charge < -0.3 is 4.90 Å². The second kappa shape index (κ2) is 5.17. The fraction of sp³-hybridized carbons (Fsp3) is 0.385. The van der Waals surface area contributed by atoms with Crippen molar-refractivity contribution in [1.29, 1.82) is 0 Å². The first-order valence-corrected chi connectivity index (χ1v) is 5.71. The fourth-order valence-corrected chi connectivity index (χ4v) is 1.87. The normalized spacial score (nSPS) is 12.0. The van der Waals surface area contributed by atoms with Crippen molar-refractivity contribution in [1.82, 2.24) is 4.90 Å². The zero-order valence-electron chi connectivity index (χ0n) is 9.91. The molecule has 0 bridgehead atoms. The summed E-state index contributed by atoms with van der Waals surface area (Å²) in [5, 5.41) is 1.15. The average molecular weight is 216 g/mol. The number of rotatable bonds is 3. The highest BCUT2D eigenvalue weighted by Crippen LogP contribution is 2.21. The lowest BCUT2D eigenvalue weighted by Crippen LogP contribution is -2.13. The van der Waals surface area contributed by atoms with Crippen LogP contribution in [0.1, 0.15) is 19.4 Å². The van der Waals surface area contributed by atoms with E-state index in [1.165, 1.54) is 11.1 Å². The molecule has 1 aromatic rings. The molecule has 0 saturated heterocycles. The van der Waals surface area contributed by atoms with Crippen molar-refractivity contribution in [3.8, 4) is 0 Å². The number of hydrogen-bond donors (Lipinski definition) is 0. The summed E-state index contributed by atoms with van der Waals surface area (Å²) in [6.45, 7) is 4.43. The van der Waals surface area contributed by atoms with Gasteiger partial charge in [-0.15, -0.1) is 0 Å². The molecule has 0 heterocycles. The van der Waals surface area contributed by atoms with E-state index < -0.39 is 0 Å². The minimum absolute atomic E-state index is 0.518. The van der Waals surface area contributed by atoms with Gasteiger partial charge in [0.15, 0.2) is 0 Å². The van der Waals surface area contributed by atoms with Crippen molar-refractivity contribution in [3.05, 3.63) is 36.0 Å². The molecule has 0 spiro atoms. The van der Waals surface area contributed by atoms with Crippen LogP contribution in [0, 0.1) is 5.92 Å². The van der Waals surface area contributed by atoms with Gasteiger partial charge in [0, 0.05) is 20.3 Å². The van der Waals surface area contributed by atoms with Crippen molar-refractivity contribution in [2.24, 2.45) is 5.92 Å². The molecule has 0 aliphatic rings. The predicted octanol–water partition coefficient (Wildman–Crippen LogP) is 2.04. The summed E-state index contributed by atoms with van der Waals surface area (Å²) >= 11 is 0. The standard InChI is InChI=1S/C13H18NSi/c1-10(2)12(9-14(3)4)11-7-5-6-8-13(11)15/h5-10H,1-4H3. The molecule has 0 aromatic heterocycles. The molecular weight excluding hydrogens is 198 g/mol. The maximum Gasteiger partial charge on any atom is 0.0720 e. The molecule has 0 N–H and O–H groups in total. The van der Waals surface area contributed by atoms with Crippen molar-refractivity contribution in [3.63, 3.8) is 0 Å². The van der Waals surface area contributed by atoms with Crippen molar-refractivity contribution >= 4 is 21.0 Å². The molecule has 0 aliphatic carbocycles. The van der Waals surface area contributed by atoms with Crippen LogP contribution in [0.4, 0.5) is 0 Å². The van der Waals surface area contributed by atoms with Crippen LogP contribution in [-0.2, 0) is 0 Å². The number of benzene rings is 1. The van der Waals surface area contributed by atoms with Crippen LogP contribution < -0.4 is 5.19 Å². The maximum atomic E-state index is 3.65. The minimum atomic E-state index is 0.518. The molecule has 0 unspecified atom stereocenters. The third kappa shape index (κ3) is 3.24. The fourth-order valence-electron chi connectivity index (χ4n) is 1.54. The Morgan fingerprint density at radius 2 is 1.87 bits per heavy atom. The van der Waals surface area contributed by atoms with Gasteiger partial charge in [-0.25, -0.2) is 0 Å². The largest absolute Gasteiger partial charge is 0.383 e. The Kier molecular flexibility index (Phi) is 4.15. The van der Waals surface area contributed by atoms with E-state index in [0.29, 0.717) is 5.92 Å². The Hall–Kier alpha value is -1.02. The predicted molar refractivity (Wildman–Crippen MR) is 68.3 cm³/mol. The summed E-state index contributed by atoms with van der Waals surface area (Å²) in [4.78, 5) is 2.09. The molecule has 0 saturated carbocycles. The minimum Gasteiger partial charge on any atom is -0.383 e. The van der Waals surface area contributed by atoms with Gasteiger partial charge in [-0.1, -0.05) is 43.3 Å². The molecule has 2 heteroatoms. The van der Waals surface area contributed by atoms with Crippen molar-refractivity contribution in [2.75, 3.05) is 14.1 Å². The average Bonchev–Trinajstić information content (AvgIpc) is 2.15. The summed E-state index contributed by atoms with van der Waals surface area (Å²) in [5.74, 6) is 0.518. The monoisotopic (exact) mass is 216 g/mol. The van der Waals surface area contributed by atoms with Gasteiger partial charge in [-0.3, -0.25) is 0 Å². The van der Waals surface area contributed by atoms with E-state index in [-0.39, 0.29) is 0 Å². The van der Waals surface area contributed by atoms with E-state index in [1.54, 1.807) is 0 Å². The van der Waals surface area contributed by atoms with E-state index in [4.69, 9.17) is 0 Å². The van der Waals surface area contributed by atoms with Gasteiger partial charge in [0.1, 0.15) is 0 Å². The van der Waals surface area contributed by atoms with Crippen molar-refractivity contribution in [2.45, 2.75) is 13.8 Å². The molecule has 1 nitrogen and oxygen atoms in total. The topological polar surface area (TPSA) is 3.24 Å². The quantitative estimate of drug-likeness (QED) is 0.699. The molecule has 0 atom stereocenters. The van der Waals surface area contributed by atoms with Crippen LogP contribution >= 0.6 is 0 Å². The highest BCUT2D eigenvalue weighted by atomic mass is 28.1. The zero-order valence-corrected chi connectivity index (χ0v) is 10.9. The molecule has 15 heavy (non-hydrogen) atoms. The Bertz CT molecular complexity index is 353. The van der Waals surface area contributed by atoms with Crippen LogP contribution in [0.5, 0.6) is 0 Å². The lowest BCUT2D eigenvalue weighted by atomic mass is 9.96. The second-order valence-electron chi connectivity index (χ2n) is 4.25. The van der Waals surface area contributed by atoms with Crippen LogP contribution in [-0.4, -0.2) is 29.2 Å². The lowest BCUT2D eigenvalue weighted by Gasteiger charge is -2.17. The van der Waals surface area contributed by atoms with Gasteiger partial charge in [-0.2, -0.15) is 0 Å². The zero-order chi connectivity index (χ0) is 11.4. The van der Waals surface area contributed by atoms with Crippen molar-refractivity contribution < 1.29 is 0 Å². The van der Waals surface area contributed by atoms with Gasteiger partial charge in [-0.05, 0) is 17.1 Å². The number of hydrogen-bond acceptors (Lipinski definition) is 1. The molecule has 3 radical (unpaired) electrons. The first-order chi connectivity index (χ1) is 7.02. The maximum absolute atomic E-state index is 3.65. The Morgan fingerprint density at radius 1 is 1.27 bits per heavy atom. The van der Waals surface area contributed by atoms with E-state index >= 15 is 0 Å². The molecule has 79 valence electrons. The number of allylic oxidation sites excluding steroid dienone is 1. The third-order valence-corrected chi connectivity index (χ3v) is 2.69. The van der Waals surface area contributed by atoms with Crippen LogP contribution in [0.25, 0.3) is 5.57 Å². The van der Waals surface area contributed by atoms with E-state index in [9.17, 15) is 0 Å². The molecule has 1 rings (SSSR count). The highest BCUT2D eigenvalue weighted by Gasteiger charge is 2.08. The summed E-state index contributed by atoms with van der Waals surface area (Å²) in [6, 6.07) is 8.35. The summed E-state index contributed by atoms with van der Waals surface area (Å²) in [7, 11) is 7.76. The molecule has 0 fully saturated rings. The van der Waals surface area contributed by atoms with Crippen LogP contribution in [0.3, 0.4) is 0 Å². The summed E-state index contributed by atoms with van der Waals surface area (Å²) < 4.78 is 0. The summed E-state index contributed by atoms with van der Waals surface area (Å²) in [5.41, 5.74) is 2.63. The van der Waals surface area contributed by atoms with Crippen LogP contribution in [0.15, 0.2) is 30.5 Å². The highest BCUT2D eigenvalue weighted by molar-refractivity contribution is 6.34. The third-order valence-electron chi connectivity index (χ3n) is 2.26. The smallest absolute Gasteiger partial charge is 0.0720 e. The van der Waals surface area contributed by atoms with Gasteiger partial charge >= 0.3 is 0 Å². The van der Waals surface area contributed by atoms with Gasteiger partial charge in [0.05, 0.1) is 10.2 Å². The Labute approximate surface area is 96.2 Å². The molecule has 0 aliphatic heterocycles. The Morgan fingerprint density at radius 3 is 2.33 bits per heavy atom. The van der Waals surface area contributed by atoms with E-state index in [0.717, 1.165) is 5.19 Å². The molecular formula is C13H18NSi.